The minimum Gasteiger partial charge on any atom is -0.463 e. The summed E-state index contributed by atoms with van der Waals surface area (Å²) in [6, 6.07) is -0.00211. The maximum Gasteiger partial charge on any atom is 0.332 e. The van der Waals surface area contributed by atoms with Gasteiger partial charge in [0.15, 0.2) is 23.6 Å². The lowest BCUT2D eigenvalue weighted by Crippen LogP contribution is -2.47. The number of esters is 3. The van der Waals surface area contributed by atoms with Crippen molar-refractivity contribution < 1.29 is 46.0 Å². The van der Waals surface area contributed by atoms with E-state index in [1.807, 2.05) is 0 Å². The number of rotatable bonds is 7. The monoisotopic (exact) mass is 514 g/mol. The maximum atomic E-state index is 12.9. The van der Waals surface area contributed by atoms with Gasteiger partial charge in [0.2, 0.25) is 0 Å². The van der Waals surface area contributed by atoms with Crippen LogP contribution >= 0.6 is 0 Å². The molecule has 2 rings (SSSR count). The number of aryl methyl sites for hydroxylation is 1. The van der Waals surface area contributed by atoms with Crippen molar-refractivity contribution >= 4 is 33.9 Å². The van der Waals surface area contributed by atoms with E-state index in [-0.39, 0.29) is 12.2 Å². The summed E-state index contributed by atoms with van der Waals surface area (Å²) in [4.78, 5) is 54.5. The first-order valence-electron chi connectivity index (χ1n) is 11.0. The molecule has 0 saturated carbocycles. The lowest BCUT2D eigenvalue weighted by atomic mass is 9.95. The van der Waals surface area contributed by atoms with Gasteiger partial charge in [-0.2, -0.15) is 8.42 Å². The van der Waals surface area contributed by atoms with E-state index >= 15 is 0 Å². The van der Waals surface area contributed by atoms with E-state index in [1.165, 1.54) is 26.1 Å². The Hall–Kier alpha value is -3.22. The van der Waals surface area contributed by atoms with Crippen molar-refractivity contribution in [2.75, 3.05) is 12.9 Å². The highest BCUT2D eigenvalue weighted by atomic mass is 32.2. The molecule has 1 aromatic heterocycles. The Morgan fingerprint density at radius 1 is 1.26 bits per heavy atom. The van der Waals surface area contributed by atoms with Crippen LogP contribution in [0.1, 0.15) is 50.2 Å². The Kier molecular flexibility index (Phi) is 9.18. The van der Waals surface area contributed by atoms with E-state index < -0.39 is 76.3 Å². The van der Waals surface area contributed by atoms with Crippen LogP contribution in [0.5, 0.6) is 5.75 Å². The Morgan fingerprint density at radius 3 is 2.49 bits per heavy atom. The van der Waals surface area contributed by atoms with Gasteiger partial charge in [0.05, 0.1) is 18.1 Å². The molecule has 0 bridgehead atoms. The molecule has 194 valence electrons. The molecule has 1 aliphatic heterocycles. The van der Waals surface area contributed by atoms with Crippen molar-refractivity contribution in [3.05, 3.63) is 23.5 Å². The van der Waals surface area contributed by atoms with Gasteiger partial charge < -0.3 is 23.7 Å². The molecule has 4 unspecified atom stereocenters. The second-order valence-corrected chi connectivity index (χ2v) is 10.0. The number of nitrogens with zero attached hydrogens (tertiary/aromatic N) is 1. The van der Waals surface area contributed by atoms with Crippen LogP contribution in [-0.4, -0.2) is 68.3 Å². The van der Waals surface area contributed by atoms with Gasteiger partial charge >= 0.3 is 28.0 Å². The normalized spacial score (nSPS) is 23.3. The molecule has 35 heavy (non-hydrogen) atoms. The largest absolute Gasteiger partial charge is 0.463 e. The number of carbonyl (C=O) groups is 4. The van der Waals surface area contributed by atoms with E-state index in [1.54, 1.807) is 20.8 Å². The lowest BCUT2D eigenvalue weighted by Gasteiger charge is -2.29. The van der Waals surface area contributed by atoms with Gasteiger partial charge in [0.1, 0.15) is 12.7 Å². The first kappa shape index (κ1) is 28.0. The van der Waals surface area contributed by atoms with Crippen molar-refractivity contribution in [3.8, 4) is 5.75 Å². The van der Waals surface area contributed by atoms with Crippen molar-refractivity contribution in [2.24, 2.45) is 11.8 Å². The average molecular weight is 515 g/mol. The van der Waals surface area contributed by atoms with Crippen LogP contribution in [0, 0.1) is 18.8 Å². The predicted molar refractivity (Wildman–Crippen MR) is 121 cm³/mol. The quantitative estimate of drug-likeness (QED) is 0.312. The van der Waals surface area contributed by atoms with Crippen LogP contribution < -0.4 is 9.50 Å². The molecular weight excluding hydrogens is 484 g/mol. The second-order valence-electron chi connectivity index (χ2n) is 8.46. The molecule has 12 nitrogen and oxygen atoms in total. The van der Waals surface area contributed by atoms with Crippen molar-refractivity contribution in [1.29, 1.82) is 0 Å². The number of carbonyl (C=O) groups excluding carboxylic acids is 4. The van der Waals surface area contributed by atoms with Crippen LogP contribution in [0.4, 0.5) is 0 Å². The zero-order valence-electron chi connectivity index (χ0n) is 20.4. The molecule has 1 saturated heterocycles. The smallest absolute Gasteiger partial charge is 0.332 e. The number of hydrogen-bond acceptors (Lipinski definition) is 11. The number of nitrogens with one attached hydrogen (secondary N) is 1. The molecule has 0 spiro atoms. The van der Waals surface area contributed by atoms with Gasteiger partial charge in [-0.3, -0.25) is 14.4 Å². The van der Waals surface area contributed by atoms with Gasteiger partial charge in [-0.25, -0.2) is 9.78 Å². The summed E-state index contributed by atoms with van der Waals surface area (Å²) in [5.74, 6) is -4.88. The summed E-state index contributed by atoms with van der Waals surface area (Å²) in [7, 11) is -3.98. The van der Waals surface area contributed by atoms with Crippen molar-refractivity contribution in [1.82, 2.24) is 10.3 Å². The number of hydrogen-bond donors (Lipinski definition) is 1. The van der Waals surface area contributed by atoms with Gasteiger partial charge in [-0.15, -0.1) is 0 Å². The van der Waals surface area contributed by atoms with Crippen LogP contribution in [0.15, 0.2) is 12.3 Å². The first-order valence-corrected chi connectivity index (χ1v) is 12.8. The summed E-state index contributed by atoms with van der Waals surface area (Å²) in [6.07, 6.45) is 0.204. The minimum atomic E-state index is -3.98. The van der Waals surface area contributed by atoms with Crippen LogP contribution in [0.2, 0.25) is 0 Å². The van der Waals surface area contributed by atoms with E-state index in [2.05, 4.69) is 10.3 Å². The Labute approximate surface area is 203 Å². The summed E-state index contributed by atoms with van der Waals surface area (Å²) < 4.78 is 44.3. The van der Waals surface area contributed by atoms with Crippen LogP contribution in [0.3, 0.4) is 0 Å². The molecule has 0 radical (unpaired) electrons. The Morgan fingerprint density at radius 2 is 1.91 bits per heavy atom. The SMILES string of the molecule is CCC1C(=O)OCC(NC(=O)c2nccc(C)c2OS(C)(=O)=O)C(=O)OC(C)C1OC(=O)C(C)C. The molecule has 1 aromatic rings. The summed E-state index contributed by atoms with van der Waals surface area (Å²) in [5.41, 5.74) is -0.0779. The molecule has 4 atom stereocenters. The molecule has 0 aliphatic carbocycles. The van der Waals surface area contributed by atoms with E-state index in [4.69, 9.17) is 18.4 Å². The van der Waals surface area contributed by atoms with Gasteiger partial charge in [-0.05, 0) is 31.9 Å². The molecule has 13 heteroatoms. The maximum absolute atomic E-state index is 12.9. The molecule has 1 aliphatic rings. The number of amides is 1. The fourth-order valence-corrected chi connectivity index (χ4v) is 3.78. The third-order valence-corrected chi connectivity index (χ3v) is 5.63. The summed E-state index contributed by atoms with van der Waals surface area (Å²) in [5, 5.41) is 2.35. The van der Waals surface area contributed by atoms with Crippen molar-refractivity contribution in [3.63, 3.8) is 0 Å². The number of aromatic nitrogens is 1. The predicted octanol–water partition coefficient (Wildman–Crippen LogP) is 0.909. The standard InChI is InChI=1S/C22H30N2O10S/c1-7-14-18(33-20(26)11(2)3)13(5)32-22(28)15(10-31-21(14)27)24-19(25)16-17(34-35(6,29)30)12(4)8-9-23-16/h8-9,11,13-15,18H,7,10H2,1-6H3,(H,24,25). The first-order chi connectivity index (χ1) is 16.2. The average Bonchev–Trinajstić information content (AvgIpc) is 2.79. The van der Waals surface area contributed by atoms with Gasteiger partial charge in [0.25, 0.3) is 5.91 Å². The molecule has 1 N–H and O–H groups in total. The number of pyridine rings is 1. The zero-order valence-corrected chi connectivity index (χ0v) is 21.2. The number of ether oxygens (including phenoxy) is 3. The second kappa shape index (κ2) is 11.5. The zero-order chi connectivity index (χ0) is 26.5. The van der Waals surface area contributed by atoms with Gasteiger partial charge in [-0.1, -0.05) is 20.8 Å². The molecule has 0 aromatic carbocycles. The molecular formula is C22H30N2O10S. The Balaban J connectivity index is 2.31. The fourth-order valence-electron chi connectivity index (χ4n) is 3.27. The summed E-state index contributed by atoms with van der Waals surface area (Å²) >= 11 is 0. The fraction of sp³-hybridized carbons (Fsp3) is 0.591. The van der Waals surface area contributed by atoms with E-state index in [0.717, 1.165) is 6.26 Å². The highest BCUT2D eigenvalue weighted by Gasteiger charge is 2.41. The lowest BCUT2D eigenvalue weighted by molar-refractivity contribution is -0.176. The van der Waals surface area contributed by atoms with E-state index in [9.17, 15) is 27.6 Å². The molecule has 1 fully saturated rings. The molecule has 1 amide bonds. The van der Waals surface area contributed by atoms with Crippen LogP contribution in [-0.2, 0) is 38.7 Å². The Bertz CT molecular complexity index is 1090. The van der Waals surface area contributed by atoms with Gasteiger partial charge in [0, 0.05) is 6.20 Å². The highest BCUT2D eigenvalue weighted by molar-refractivity contribution is 7.86. The van der Waals surface area contributed by atoms with Crippen molar-refractivity contribution in [2.45, 2.75) is 59.3 Å². The summed E-state index contributed by atoms with van der Waals surface area (Å²) in [6.45, 7) is 7.36. The topological polar surface area (TPSA) is 164 Å². The minimum absolute atomic E-state index is 0.243. The molecule has 2 heterocycles. The van der Waals surface area contributed by atoms with E-state index in [0.29, 0.717) is 5.56 Å². The number of cyclic esters (lactones) is 2. The van der Waals surface area contributed by atoms with Crippen LogP contribution in [0.25, 0.3) is 0 Å². The third kappa shape index (κ3) is 7.38. The highest BCUT2D eigenvalue weighted by Crippen LogP contribution is 2.25. The third-order valence-electron chi connectivity index (χ3n) is 5.16.